The largest absolute Gasteiger partial charge is 0.508 e. The van der Waals surface area contributed by atoms with Crippen molar-refractivity contribution in [2.24, 2.45) is 11.7 Å². The van der Waals surface area contributed by atoms with Gasteiger partial charge in [0.2, 0.25) is 17.7 Å². The first kappa shape index (κ1) is 29.2. The number of aliphatic carboxylic acids is 1. The average molecular weight is 538 g/mol. The van der Waals surface area contributed by atoms with E-state index in [1.54, 1.807) is 32.2 Å². The first-order valence-electron chi connectivity index (χ1n) is 12.7. The average Bonchev–Trinajstić information content (AvgIpc) is 3.30. The lowest BCUT2D eigenvalue weighted by Gasteiger charge is -2.25. The summed E-state index contributed by atoms with van der Waals surface area (Å²) in [5.74, 6) is -3.32. The summed E-state index contributed by atoms with van der Waals surface area (Å²) in [6, 6.07) is 9.53. The smallest absolute Gasteiger partial charge is 0.326 e. The highest BCUT2D eigenvalue weighted by Crippen LogP contribution is 2.19. The number of aromatic amines is 1. The summed E-state index contributed by atoms with van der Waals surface area (Å²) >= 11 is 0. The van der Waals surface area contributed by atoms with E-state index in [-0.39, 0.29) is 24.5 Å². The number of aromatic hydroxyl groups is 1. The van der Waals surface area contributed by atoms with Crippen LogP contribution in [0.2, 0.25) is 0 Å². The van der Waals surface area contributed by atoms with Gasteiger partial charge in [-0.15, -0.1) is 0 Å². The van der Waals surface area contributed by atoms with Crippen LogP contribution in [0, 0.1) is 5.92 Å². The number of aromatic nitrogens is 1. The molecule has 1 aromatic heterocycles. The van der Waals surface area contributed by atoms with Crippen molar-refractivity contribution in [1.29, 1.82) is 0 Å². The number of phenolic OH excluding ortho intramolecular Hbond substituents is 1. The van der Waals surface area contributed by atoms with Crippen molar-refractivity contribution in [3.63, 3.8) is 0 Å². The van der Waals surface area contributed by atoms with Gasteiger partial charge in [0.05, 0.1) is 6.04 Å². The third-order valence-corrected chi connectivity index (χ3v) is 6.44. The fourth-order valence-corrected chi connectivity index (χ4v) is 4.16. The van der Waals surface area contributed by atoms with Gasteiger partial charge in [0.15, 0.2) is 0 Å². The fourth-order valence-electron chi connectivity index (χ4n) is 4.16. The van der Waals surface area contributed by atoms with Crippen molar-refractivity contribution in [3.05, 3.63) is 65.9 Å². The summed E-state index contributed by atoms with van der Waals surface area (Å²) in [6.45, 7) is 4.81. The van der Waals surface area contributed by atoms with E-state index in [4.69, 9.17) is 5.73 Å². The third-order valence-electron chi connectivity index (χ3n) is 6.44. The van der Waals surface area contributed by atoms with Gasteiger partial charge in [-0.25, -0.2) is 4.79 Å². The molecule has 0 saturated carbocycles. The monoisotopic (exact) mass is 537 g/mol. The summed E-state index contributed by atoms with van der Waals surface area (Å²) in [7, 11) is 0. The number of hydrogen-bond donors (Lipinski definition) is 7. The van der Waals surface area contributed by atoms with Crippen LogP contribution in [0.25, 0.3) is 10.9 Å². The van der Waals surface area contributed by atoms with Crippen LogP contribution in [0.4, 0.5) is 0 Å². The van der Waals surface area contributed by atoms with Crippen molar-refractivity contribution < 1.29 is 29.4 Å². The number of carboxylic acids is 1. The van der Waals surface area contributed by atoms with E-state index in [0.29, 0.717) is 0 Å². The van der Waals surface area contributed by atoms with E-state index in [9.17, 15) is 29.4 Å². The number of nitrogens with two attached hydrogens (primary N) is 1. The zero-order chi connectivity index (χ0) is 28.7. The molecule has 3 amide bonds. The maximum Gasteiger partial charge on any atom is 0.326 e. The van der Waals surface area contributed by atoms with Crippen LogP contribution >= 0.6 is 0 Å². The molecule has 3 rings (SSSR count). The first-order valence-corrected chi connectivity index (χ1v) is 12.7. The Balaban J connectivity index is 1.71. The number of fused-ring (bicyclic) bond motifs is 1. The molecule has 4 atom stereocenters. The number of carbonyl (C=O) groups excluding carboxylic acids is 3. The van der Waals surface area contributed by atoms with Crippen LogP contribution in [-0.4, -0.2) is 63.1 Å². The highest BCUT2D eigenvalue weighted by atomic mass is 16.4. The van der Waals surface area contributed by atoms with Crippen molar-refractivity contribution in [3.8, 4) is 5.75 Å². The number of hydrogen-bond acceptors (Lipinski definition) is 6. The Morgan fingerprint density at radius 2 is 1.54 bits per heavy atom. The van der Waals surface area contributed by atoms with E-state index in [0.717, 1.165) is 22.0 Å². The lowest BCUT2D eigenvalue weighted by molar-refractivity contribution is -0.143. The van der Waals surface area contributed by atoms with Gasteiger partial charge in [0.1, 0.15) is 23.9 Å². The second kappa shape index (κ2) is 12.9. The van der Waals surface area contributed by atoms with Gasteiger partial charge in [-0.05, 0) is 48.6 Å². The summed E-state index contributed by atoms with van der Waals surface area (Å²) < 4.78 is 0. The van der Waals surface area contributed by atoms with E-state index >= 15 is 0 Å². The van der Waals surface area contributed by atoms with E-state index in [1.165, 1.54) is 19.1 Å². The predicted molar refractivity (Wildman–Crippen MR) is 146 cm³/mol. The molecule has 11 heteroatoms. The molecule has 39 heavy (non-hydrogen) atoms. The van der Waals surface area contributed by atoms with Crippen molar-refractivity contribution in [1.82, 2.24) is 20.9 Å². The molecule has 0 bridgehead atoms. The van der Waals surface area contributed by atoms with Gasteiger partial charge in [-0.3, -0.25) is 14.4 Å². The van der Waals surface area contributed by atoms with Crippen molar-refractivity contribution in [2.45, 2.75) is 57.8 Å². The molecular weight excluding hydrogens is 502 g/mol. The number of H-pyrrole nitrogens is 1. The van der Waals surface area contributed by atoms with E-state index in [1.807, 2.05) is 24.3 Å². The molecule has 0 aliphatic rings. The van der Waals surface area contributed by atoms with Gasteiger partial charge >= 0.3 is 5.97 Å². The lowest BCUT2D eigenvalue weighted by atomic mass is 10.0. The van der Waals surface area contributed by atoms with Gasteiger partial charge in [0.25, 0.3) is 0 Å². The number of para-hydroxylation sites is 1. The van der Waals surface area contributed by atoms with Gasteiger partial charge in [0, 0.05) is 23.5 Å². The number of benzene rings is 2. The van der Waals surface area contributed by atoms with Crippen molar-refractivity contribution in [2.75, 3.05) is 0 Å². The Hall–Kier alpha value is -4.38. The highest BCUT2D eigenvalue weighted by Gasteiger charge is 2.30. The number of phenols is 1. The minimum atomic E-state index is -1.18. The number of carboxylic acid groups (broad SMARTS) is 1. The standard InChI is InChI=1S/C28H35N5O6/c1-15(2)24(28(38)39)33-27(37)23(13-18-14-30-22-7-5-4-6-20(18)22)32-25(35)16(3)31-26(36)21(29)12-17-8-10-19(34)11-9-17/h4-11,14-16,21,23-24,30,34H,12-13,29H2,1-3H3,(H,31,36)(H,32,35)(H,33,37)(H,38,39). The predicted octanol–water partition coefficient (Wildman–Crippen LogP) is 1.20. The van der Waals surface area contributed by atoms with Gasteiger partial charge in [-0.1, -0.05) is 44.2 Å². The van der Waals surface area contributed by atoms with Crippen LogP contribution in [0.15, 0.2) is 54.7 Å². The van der Waals surface area contributed by atoms with Crippen molar-refractivity contribution >= 4 is 34.6 Å². The lowest BCUT2D eigenvalue weighted by Crippen LogP contribution is -2.57. The summed E-state index contributed by atoms with van der Waals surface area (Å²) in [5, 5.41) is 27.6. The topological polar surface area (TPSA) is 187 Å². The maximum absolute atomic E-state index is 13.2. The van der Waals surface area contributed by atoms with Crippen LogP contribution in [-0.2, 0) is 32.0 Å². The van der Waals surface area contributed by atoms with Crippen LogP contribution in [0.5, 0.6) is 5.75 Å². The zero-order valence-electron chi connectivity index (χ0n) is 22.1. The van der Waals surface area contributed by atoms with Gasteiger partial charge in [-0.2, -0.15) is 0 Å². The van der Waals surface area contributed by atoms with Gasteiger partial charge < -0.3 is 36.9 Å². The SMILES string of the molecule is CC(NC(=O)C(N)Cc1ccc(O)cc1)C(=O)NC(Cc1c[nH]c2ccccc12)C(=O)NC(C(=O)O)C(C)C. The summed E-state index contributed by atoms with van der Waals surface area (Å²) in [5.41, 5.74) is 8.36. The molecule has 4 unspecified atom stereocenters. The molecule has 2 aromatic carbocycles. The molecule has 0 radical (unpaired) electrons. The Kier molecular flexibility index (Phi) is 9.67. The number of rotatable bonds is 12. The Bertz CT molecular complexity index is 1320. The zero-order valence-corrected chi connectivity index (χ0v) is 22.1. The normalized spacial score (nSPS) is 14.3. The van der Waals surface area contributed by atoms with Crippen LogP contribution in [0.1, 0.15) is 31.9 Å². The van der Waals surface area contributed by atoms with E-state index < -0.39 is 47.9 Å². The first-order chi connectivity index (χ1) is 18.5. The molecule has 1 heterocycles. The molecule has 0 spiro atoms. The highest BCUT2D eigenvalue weighted by molar-refractivity contribution is 5.94. The Morgan fingerprint density at radius 3 is 2.18 bits per heavy atom. The number of nitrogens with one attached hydrogen (secondary N) is 4. The van der Waals surface area contributed by atoms with Crippen LogP contribution in [0.3, 0.4) is 0 Å². The molecule has 0 saturated heterocycles. The number of amides is 3. The van der Waals surface area contributed by atoms with Crippen LogP contribution < -0.4 is 21.7 Å². The fraction of sp³-hybridized carbons (Fsp3) is 0.357. The number of carbonyl (C=O) groups is 4. The minimum Gasteiger partial charge on any atom is -0.508 e. The molecule has 0 fully saturated rings. The second-order valence-corrected chi connectivity index (χ2v) is 9.90. The Labute approximate surface area is 226 Å². The molecule has 3 aromatic rings. The molecule has 11 nitrogen and oxygen atoms in total. The Morgan fingerprint density at radius 1 is 0.872 bits per heavy atom. The second-order valence-electron chi connectivity index (χ2n) is 9.90. The summed E-state index contributed by atoms with van der Waals surface area (Å²) in [4.78, 5) is 53.7. The molecule has 0 aliphatic carbocycles. The quantitative estimate of drug-likeness (QED) is 0.181. The molecule has 8 N–H and O–H groups in total. The van der Waals surface area contributed by atoms with E-state index in [2.05, 4.69) is 20.9 Å². The molecule has 208 valence electrons. The minimum absolute atomic E-state index is 0.0903. The molecule has 0 aliphatic heterocycles. The summed E-state index contributed by atoms with van der Waals surface area (Å²) in [6.07, 6.45) is 2.02. The molecular formula is C28H35N5O6. The third kappa shape index (κ3) is 7.81. The maximum atomic E-state index is 13.2.